The Kier molecular flexibility index (Phi) is 3.97. The molecule has 0 bridgehead atoms. The number of hydrogen-bond donors (Lipinski definition) is 1. The van der Waals surface area contributed by atoms with Crippen LogP contribution in [0, 0.1) is 5.92 Å². The minimum Gasteiger partial charge on any atom is -0.462 e. The average Bonchev–Trinajstić information content (AvgIpc) is 3.27. The summed E-state index contributed by atoms with van der Waals surface area (Å²) in [4.78, 5) is 26.1. The molecule has 1 aliphatic heterocycles. The molecule has 0 spiro atoms. The number of para-hydroxylation sites is 1. The Morgan fingerprint density at radius 3 is 2.92 bits per heavy atom. The van der Waals surface area contributed by atoms with Crippen LogP contribution in [0.5, 0.6) is 0 Å². The van der Waals surface area contributed by atoms with E-state index in [0.717, 1.165) is 19.5 Å². The van der Waals surface area contributed by atoms with Crippen molar-refractivity contribution in [3.8, 4) is 0 Å². The Morgan fingerprint density at radius 1 is 1.24 bits per heavy atom. The summed E-state index contributed by atoms with van der Waals surface area (Å²) >= 11 is 0. The molecule has 7 nitrogen and oxygen atoms in total. The van der Waals surface area contributed by atoms with Crippen LogP contribution in [0.2, 0.25) is 0 Å². The van der Waals surface area contributed by atoms with E-state index in [-0.39, 0.29) is 5.69 Å². The van der Waals surface area contributed by atoms with E-state index in [1.54, 1.807) is 12.1 Å². The molecule has 4 rings (SSSR count). The van der Waals surface area contributed by atoms with E-state index in [0.29, 0.717) is 23.7 Å². The minimum atomic E-state index is -0.423. The fraction of sp³-hybridized carbons (Fsp3) is 0.278. The second kappa shape index (κ2) is 6.43. The van der Waals surface area contributed by atoms with E-state index < -0.39 is 5.97 Å². The number of carbonyl (C=O) groups excluding carboxylic acids is 1. The van der Waals surface area contributed by atoms with Crippen molar-refractivity contribution in [3.05, 3.63) is 64.7 Å². The number of aromatic amines is 1. The third-order valence-electron chi connectivity index (χ3n) is 4.50. The first-order valence-electron chi connectivity index (χ1n) is 8.24. The Morgan fingerprint density at radius 2 is 2.08 bits per heavy atom. The van der Waals surface area contributed by atoms with Crippen LogP contribution < -0.4 is 10.6 Å². The Labute approximate surface area is 143 Å². The molecule has 1 aliphatic rings. The third-order valence-corrected chi connectivity index (χ3v) is 4.50. The van der Waals surface area contributed by atoms with Gasteiger partial charge < -0.3 is 9.64 Å². The van der Waals surface area contributed by atoms with Gasteiger partial charge in [0.25, 0.3) is 0 Å². The number of esters is 1. The summed E-state index contributed by atoms with van der Waals surface area (Å²) in [6, 6.07) is 13.5. The maximum atomic E-state index is 12.2. The number of nitrogens with one attached hydrogen (secondary N) is 1. The van der Waals surface area contributed by atoms with Gasteiger partial charge in [-0.15, -0.1) is 0 Å². The lowest BCUT2D eigenvalue weighted by Gasteiger charge is -2.18. The van der Waals surface area contributed by atoms with Crippen molar-refractivity contribution in [2.24, 2.45) is 5.92 Å². The van der Waals surface area contributed by atoms with Gasteiger partial charge in [-0.25, -0.2) is 19.1 Å². The van der Waals surface area contributed by atoms with Gasteiger partial charge in [0.2, 0.25) is 0 Å². The fourth-order valence-corrected chi connectivity index (χ4v) is 3.15. The normalized spacial score (nSPS) is 17.1. The summed E-state index contributed by atoms with van der Waals surface area (Å²) in [5.41, 5.74) is 1.63. The Hall–Kier alpha value is -3.09. The van der Waals surface area contributed by atoms with E-state index in [2.05, 4.69) is 27.2 Å². The molecule has 3 heterocycles. The first-order valence-corrected chi connectivity index (χ1v) is 8.24. The molecule has 7 heteroatoms. The number of rotatable bonds is 4. The zero-order valence-electron chi connectivity index (χ0n) is 13.6. The maximum absolute atomic E-state index is 12.2. The van der Waals surface area contributed by atoms with Gasteiger partial charge in [-0.1, -0.05) is 18.2 Å². The highest BCUT2D eigenvalue weighted by Crippen LogP contribution is 2.23. The summed E-state index contributed by atoms with van der Waals surface area (Å²) in [6.07, 6.45) is 2.44. The number of pyridine rings is 1. The van der Waals surface area contributed by atoms with Crippen molar-refractivity contribution in [1.29, 1.82) is 0 Å². The van der Waals surface area contributed by atoms with Crippen LogP contribution in [0.25, 0.3) is 5.65 Å². The van der Waals surface area contributed by atoms with Gasteiger partial charge in [0.1, 0.15) is 0 Å². The second-order valence-electron chi connectivity index (χ2n) is 6.21. The van der Waals surface area contributed by atoms with Crippen LogP contribution in [-0.2, 0) is 4.74 Å². The van der Waals surface area contributed by atoms with Gasteiger partial charge in [0, 0.05) is 30.9 Å². The molecule has 3 aromatic rings. The number of benzene rings is 1. The van der Waals surface area contributed by atoms with E-state index in [1.165, 1.54) is 16.3 Å². The van der Waals surface area contributed by atoms with Crippen molar-refractivity contribution in [1.82, 2.24) is 14.6 Å². The average molecular weight is 338 g/mol. The van der Waals surface area contributed by atoms with Gasteiger partial charge >= 0.3 is 11.7 Å². The lowest BCUT2D eigenvalue weighted by molar-refractivity contribution is 0.0450. The summed E-state index contributed by atoms with van der Waals surface area (Å²) in [5.74, 6) is -0.113. The number of anilines is 1. The van der Waals surface area contributed by atoms with Crippen molar-refractivity contribution in [3.63, 3.8) is 0 Å². The summed E-state index contributed by atoms with van der Waals surface area (Å²) in [5, 5.41) is 6.17. The van der Waals surface area contributed by atoms with Crippen molar-refractivity contribution in [2.75, 3.05) is 24.6 Å². The fourth-order valence-electron chi connectivity index (χ4n) is 3.15. The molecular weight excluding hydrogens is 320 g/mol. The van der Waals surface area contributed by atoms with Crippen molar-refractivity contribution >= 4 is 17.3 Å². The predicted octanol–water partition coefficient (Wildman–Crippen LogP) is 1.71. The highest BCUT2D eigenvalue weighted by molar-refractivity contribution is 5.89. The van der Waals surface area contributed by atoms with Gasteiger partial charge in [0.05, 0.1) is 12.2 Å². The smallest absolute Gasteiger partial charge is 0.347 e. The molecular formula is C18H18N4O3. The molecule has 0 saturated carbocycles. The standard InChI is InChI=1S/C18H18N4O3/c23-17(14-6-7-16-19-20-18(24)22(16)11-14)25-12-13-8-9-21(10-13)15-4-2-1-3-5-15/h1-7,11,13H,8-10,12H2,(H,20,24)/t13-/m1/s1. The highest BCUT2D eigenvalue weighted by atomic mass is 16.5. The maximum Gasteiger partial charge on any atom is 0.347 e. The Balaban J connectivity index is 1.37. The van der Waals surface area contributed by atoms with Crippen LogP contribution >= 0.6 is 0 Å². The van der Waals surface area contributed by atoms with E-state index in [9.17, 15) is 9.59 Å². The molecule has 2 aromatic heterocycles. The van der Waals surface area contributed by atoms with Crippen LogP contribution in [0.4, 0.5) is 5.69 Å². The summed E-state index contributed by atoms with van der Waals surface area (Å²) < 4.78 is 6.74. The van der Waals surface area contributed by atoms with Gasteiger partial charge in [-0.2, -0.15) is 5.10 Å². The first-order chi connectivity index (χ1) is 12.2. The number of ether oxygens (including phenoxy) is 1. The van der Waals surface area contributed by atoms with Crippen molar-refractivity contribution in [2.45, 2.75) is 6.42 Å². The highest BCUT2D eigenvalue weighted by Gasteiger charge is 2.24. The van der Waals surface area contributed by atoms with E-state index in [1.807, 2.05) is 18.2 Å². The molecule has 128 valence electrons. The number of H-pyrrole nitrogens is 1. The van der Waals surface area contributed by atoms with Gasteiger partial charge in [-0.3, -0.25) is 0 Å². The lowest BCUT2D eigenvalue weighted by atomic mass is 10.1. The molecule has 0 radical (unpaired) electrons. The van der Waals surface area contributed by atoms with Crippen molar-refractivity contribution < 1.29 is 9.53 Å². The van der Waals surface area contributed by atoms with Crippen LogP contribution in [0.15, 0.2) is 53.5 Å². The number of hydrogen-bond acceptors (Lipinski definition) is 5. The van der Waals surface area contributed by atoms with Crippen LogP contribution in [0.1, 0.15) is 16.8 Å². The van der Waals surface area contributed by atoms with E-state index >= 15 is 0 Å². The number of aromatic nitrogens is 3. The SMILES string of the molecule is O=C(OC[C@@H]1CCN(c2ccccc2)C1)c1ccc2n[nH]c(=O)n2c1. The zero-order valence-corrected chi connectivity index (χ0v) is 13.6. The summed E-state index contributed by atoms with van der Waals surface area (Å²) in [7, 11) is 0. The molecule has 1 fully saturated rings. The van der Waals surface area contributed by atoms with Crippen LogP contribution in [-0.4, -0.2) is 40.3 Å². The minimum absolute atomic E-state index is 0.310. The third kappa shape index (κ3) is 3.13. The van der Waals surface area contributed by atoms with Gasteiger partial charge in [0.15, 0.2) is 5.65 Å². The monoisotopic (exact) mass is 338 g/mol. The largest absolute Gasteiger partial charge is 0.462 e. The predicted molar refractivity (Wildman–Crippen MR) is 92.9 cm³/mol. The van der Waals surface area contributed by atoms with Gasteiger partial charge in [-0.05, 0) is 30.7 Å². The molecule has 25 heavy (non-hydrogen) atoms. The lowest BCUT2D eigenvalue weighted by Crippen LogP contribution is -2.22. The number of nitrogens with zero attached hydrogens (tertiary/aromatic N) is 3. The molecule has 0 unspecified atom stereocenters. The molecule has 1 saturated heterocycles. The number of fused-ring (bicyclic) bond motifs is 1. The summed E-state index contributed by atoms with van der Waals surface area (Å²) in [6.45, 7) is 2.21. The molecule has 0 amide bonds. The molecule has 1 N–H and O–H groups in total. The molecule has 0 aliphatic carbocycles. The molecule has 1 atom stereocenters. The first kappa shape index (κ1) is 15.4. The molecule has 1 aromatic carbocycles. The second-order valence-corrected chi connectivity index (χ2v) is 6.21. The van der Waals surface area contributed by atoms with Crippen LogP contribution in [0.3, 0.4) is 0 Å². The zero-order chi connectivity index (χ0) is 17.2. The topological polar surface area (TPSA) is 79.7 Å². The number of carbonyl (C=O) groups is 1. The quantitative estimate of drug-likeness (QED) is 0.733. The Bertz CT molecular complexity index is 948. The van der Waals surface area contributed by atoms with E-state index in [4.69, 9.17) is 4.74 Å².